The third-order valence-corrected chi connectivity index (χ3v) is 4.76. The zero-order valence-corrected chi connectivity index (χ0v) is 17.4. The van der Waals surface area contributed by atoms with Crippen LogP contribution in [0.4, 0.5) is 11.4 Å². The zero-order chi connectivity index (χ0) is 22.5. The van der Waals surface area contributed by atoms with Gasteiger partial charge in [0.25, 0.3) is 11.2 Å². The molecule has 0 atom stereocenters. The molecule has 0 spiro atoms. The van der Waals surface area contributed by atoms with Crippen LogP contribution in [0.2, 0.25) is 0 Å². The van der Waals surface area contributed by atoms with Gasteiger partial charge in [0.15, 0.2) is 0 Å². The fraction of sp³-hybridized carbons (Fsp3) is 0.286. The van der Waals surface area contributed by atoms with Crippen LogP contribution in [0.1, 0.15) is 19.7 Å². The lowest BCUT2D eigenvalue weighted by atomic mass is 10.2. The fourth-order valence-corrected chi connectivity index (χ4v) is 3.09. The summed E-state index contributed by atoms with van der Waals surface area (Å²) in [5.41, 5.74) is 0.554. The summed E-state index contributed by atoms with van der Waals surface area (Å²) in [5, 5.41) is 14.2. The summed E-state index contributed by atoms with van der Waals surface area (Å²) in [6.45, 7) is 4.15. The van der Waals surface area contributed by atoms with Crippen LogP contribution in [0.5, 0.6) is 5.75 Å². The van der Waals surface area contributed by atoms with Gasteiger partial charge in [-0.05, 0) is 32.0 Å². The van der Waals surface area contributed by atoms with Gasteiger partial charge in [0.1, 0.15) is 11.6 Å². The number of ether oxygens (including phenoxy) is 1. The molecule has 0 radical (unpaired) electrons. The van der Waals surface area contributed by atoms with Gasteiger partial charge in [0.05, 0.1) is 47.8 Å². The highest BCUT2D eigenvalue weighted by Gasteiger charge is 2.19. The van der Waals surface area contributed by atoms with Gasteiger partial charge in [0.2, 0.25) is 5.91 Å². The number of para-hydroxylation sites is 1. The molecule has 0 fully saturated rings. The molecule has 1 amide bonds. The van der Waals surface area contributed by atoms with E-state index in [0.29, 0.717) is 22.4 Å². The molecule has 2 N–H and O–H groups in total. The monoisotopic (exact) mass is 425 g/mol. The second-order valence-electron chi connectivity index (χ2n) is 7.22. The maximum Gasteiger partial charge on any atom is 0.273 e. The average Bonchev–Trinajstić information content (AvgIpc) is 2.73. The Balaban J connectivity index is 1.75. The van der Waals surface area contributed by atoms with Crippen LogP contribution in [0.3, 0.4) is 0 Å². The number of nitrogens with zero attached hydrogens (tertiary/aromatic N) is 3. The van der Waals surface area contributed by atoms with E-state index in [9.17, 15) is 19.7 Å². The molecule has 162 valence electrons. The number of methoxy groups -OCH3 is 1. The average molecular weight is 425 g/mol. The molecule has 1 heterocycles. The number of nitrogens with one attached hydrogen (secondary N) is 2. The minimum atomic E-state index is -0.536. The summed E-state index contributed by atoms with van der Waals surface area (Å²) in [5.74, 6) is 0.321. The summed E-state index contributed by atoms with van der Waals surface area (Å²) in [7, 11) is 1.37. The van der Waals surface area contributed by atoms with Gasteiger partial charge in [-0.3, -0.25) is 24.6 Å². The number of benzene rings is 2. The highest BCUT2D eigenvalue weighted by atomic mass is 16.6. The van der Waals surface area contributed by atoms with Crippen LogP contribution in [0, 0.1) is 10.1 Å². The van der Waals surface area contributed by atoms with Gasteiger partial charge < -0.3 is 15.0 Å². The van der Waals surface area contributed by atoms with E-state index >= 15 is 0 Å². The fourth-order valence-electron chi connectivity index (χ4n) is 3.09. The Labute approximate surface area is 178 Å². The topological polar surface area (TPSA) is 130 Å². The van der Waals surface area contributed by atoms with E-state index < -0.39 is 4.92 Å². The molecule has 10 heteroatoms. The van der Waals surface area contributed by atoms with E-state index in [1.807, 2.05) is 24.8 Å². The number of hydrogen-bond donors (Lipinski definition) is 2. The largest absolute Gasteiger partial charge is 0.494 e. The quantitative estimate of drug-likeness (QED) is 0.419. The van der Waals surface area contributed by atoms with Gasteiger partial charge in [-0.2, -0.15) is 0 Å². The van der Waals surface area contributed by atoms with Gasteiger partial charge in [-0.15, -0.1) is 0 Å². The molecule has 0 saturated heterocycles. The number of H-pyrrole nitrogens is 1. The second kappa shape index (κ2) is 9.35. The normalized spacial score (nSPS) is 11.1. The standard InChI is InChI=1S/C21H23N5O5/c1-13(2)25(11-19-22-16-7-5-4-6-15(16)21(28)24-19)12-20(27)23-17-9-8-14(26(29)30)10-18(17)31-3/h4-10,13H,11-12H2,1-3H3,(H,23,27)(H,22,24,28). The third kappa shape index (κ3) is 5.23. The molecule has 0 aliphatic heterocycles. The minimum absolute atomic E-state index is 0.0127. The number of non-ortho nitro benzene ring substituents is 1. The van der Waals surface area contributed by atoms with Crippen molar-refractivity contribution < 1.29 is 14.5 Å². The number of hydrogen-bond acceptors (Lipinski definition) is 7. The Morgan fingerprint density at radius 1 is 1.29 bits per heavy atom. The number of anilines is 1. The zero-order valence-electron chi connectivity index (χ0n) is 17.4. The predicted molar refractivity (Wildman–Crippen MR) is 116 cm³/mol. The molecule has 0 aliphatic rings. The maximum absolute atomic E-state index is 12.6. The van der Waals surface area contributed by atoms with Crippen molar-refractivity contribution in [1.29, 1.82) is 0 Å². The van der Waals surface area contributed by atoms with Crippen LogP contribution in [-0.2, 0) is 11.3 Å². The molecule has 31 heavy (non-hydrogen) atoms. The number of carbonyl (C=O) groups excluding carboxylic acids is 1. The maximum atomic E-state index is 12.6. The third-order valence-electron chi connectivity index (χ3n) is 4.76. The Bertz CT molecular complexity index is 1170. The number of nitro benzene ring substituents is 1. The first kappa shape index (κ1) is 21.9. The number of carbonyl (C=O) groups is 1. The molecule has 3 aromatic rings. The lowest BCUT2D eigenvalue weighted by molar-refractivity contribution is -0.384. The smallest absolute Gasteiger partial charge is 0.273 e. The summed E-state index contributed by atoms with van der Waals surface area (Å²) in [4.78, 5) is 44.5. The highest BCUT2D eigenvalue weighted by Crippen LogP contribution is 2.29. The number of aromatic nitrogens is 2. The Kier molecular flexibility index (Phi) is 6.61. The van der Waals surface area contributed by atoms with Gasteiger partial charge in [0, 0.05) is 12.1 Å². The van der Waals surface area contributed by atoms with Crippen LogP contribution >= 0.6 is 0 Å². The first-order valence-electron chi connectivity index (χ1n) is 9.62. The molecule has 2 aromatic carbocycles. The Hall–Kier alpha value is -3.79. The van der Waals surface area contributed by atoms with Gasteiger partial charge in [-0.25, -0.2) is 4.98 Å². The molecular weight excluding hydrogens is 402 g/mol. The van der Waals surface area contributed by atoms with Crippen molar-refractivity contribution in [2.45, 2.75) is 26.4 Å². The summed E-state index contributed by atoms with van der Waals surface area (Å²) in [6.07, 6.45) is 0. The van der Waals surface area contributed by atoms with Gasteiger partial charge >= 0.3 is 0 Å². The van der Waals surface area contributed by atoms with Crippen molar-refractivity contribution in [1.82, 2.24) is 14.9 Å². The van der Waals surface area contributed by atoms with E-state index in [1.54, 1.807) is 18.2 Å². The van der Waals surface area contributed by atoms with Crippen LogP contribution in [-0.4, -0.2) is 45.4 Å². The van der Waals surface area contributed by atoms with E-state index in [1.165, 1.54) is 25.3 Å². The van der Waals surface area contributed by atoms with Crippen molar-refractivity contribution in [3.8, 4) is 5.75 Å². The SMILES string of the molecule is COc1cc([N+](=O)[O-])ccc1NC(=O)CN(Cc1nc2ccccc2c(=O)[nH]1)C(C)C. The molecule has 0 aliphatic carbocycles. The van der Waals surface area contributed by atoms with Crippen molar-refractivity contribution >= 4 is 28.2 Å². The van der Waals surface area contributed by atoms with Crippen molar-refractivity contribution in [2.24, 2.45) is 0 Å². The van der Waals surface area contributed by atoms with Crippen molar-refractivity contribution in [3.05, 3.63) is 68.8 Å². The molecule has 0 bridgehead atoms. The Morgan fingerprint density at radius 3 is 2.71 bits per heavy atom. The van der Waals surface area contributed by atoms with E-state index in [4.69, 9.17) is 4.74 Å². The summed E-state index contributed by atoms with van der Waals surface area (Å²) in [6, 6.07) is 11.0. The molecule has 0 saturated carbocycles. The van der Waals surface area contributed by atoms with Crippen molar-refractivity contribution in [2.75, 3.05) is 19.0 Å². The number of nitro groups is 1. The van der Waals surface area contributed by atoms with E-state index in [0.717, 1.165) is 0 Å². The minimum Gasteiger partial charge on any atom is -0.494 e. The number of fused-ring (bicyclic) bond motifs is 1. The summed E-state index contributed by atoms with van der Waals surface area (Å²) >= 11 is 0. The van der Waals surface area contributed by atoms with Crippen molar-refractivity contribution in [3.63, 3.8) is 0 Å². The number of rotatable bonds is 8. The van der Waals surface area contributed by atoms with Crippen LogP contribution in [0.25, 0.3) is 10.9 Å². The van der Waals surface area contributed by atoms with E-state index in [-0.39, 0.29) is 42.0 Å². The van der Waals surface area contributed by atoms with E-state index in [2.05, 4.69) is 15.3 Å². The van der Waals surface area contributed by atoms with Crippen LogP contribution < -0.4 is 15.6 Å². The number of aromatic amines is 1. The predicted octanol–water partition coefficient (Wildman–Crippen LogP) is 2.69. The molecule has 1 aromatic heterocycles. The highest BCUT2D eigenvalue weighted by molar-refractivity contribution is 5.94. The van der Waals surface area contributed by atoms with Crippen LogP contribution in [0.15, 0.2) is 47.3 Å². The first-order valence-corrected chi connectivity index (χ1v) is 9.62. The lowest BCUT2D eigenvalue weighted by Crippen LogP contribution is -2.38. The Morgan fingerprint density at radius 2 is 2.03 bits per heavy atom. The van der Waals surface area contributed by atoms with Gasteiger partial charge in [-0.1, -0.05) is 12.1 Å². The molecule has 3 rings (SSSR count). The molecule has 0 unspecified atom stereocenters. The lowest BCUT2D eigenvalue weighted by Gasteiger charge is -2.25. The molecule has 10 nitrogen and oxygen atoms in total. The molecular formula is C21H23N5O5. The number of amides is 1. The summed E-state index contributed by atoms with van der Waals surface area (Å²) < 4.78 is 5.16. The first-order chi connectivity index (χ1) is 14.8. The second-order valence-corrected chi connectivity index (χ2v) is 7.22.